The Morgan fingerprint density at radius 2 is 2.35 bits per heavy atom. The number of ether oxygens (including phenoxy) is 1. The Bertz CT molecular complexity index is 523. The second kappa shape index (κ2) is 4.52. The third kappa shape index (κ3) is 2.44. The number of nitrogens with zero attached hydrogens (tertiary/aromatic N) is 1. The van der Waals surface area contributed by atoms with Gasteiger partial charge in [0.1, 0.15) is 15.9 Å². The number of aromatic amines is 1. The summed E-state index contributed by atoms with van der Waals surface area (Å²) in [5.74, 6) is 0. The molecule has 2 rings (SSSR count). The summed E-state index contributed by atoms with van der Waals surface area (Å²) >= 11 is 1.77. The van der Waals surface area contributed by atoms with E-state index in [4.69, 9.17) is 9.84 Å². The van der Waals surface area contributed by atoms with E-state index in [0.717, 1.165) is 0 Å². The van der Waals surface area contributed by atoms with Crippen molar-refractivity contribution in [3.05, 3.63) is 33.1 Å². The first-order valence-electron chi connectivity index (χ1n) is 4.93. The Labute approximate surface area is 109 Å². The van der Waals surface area contributed by atoms with Gasteiger partial charge in [0.25, 0.3) is 5.56 Å². The zero-order valence-electron chi connectivity index (χ0n) is 8.67. The van der Waals surface area contributed by atoms with E-state index in [1.807, 2.05) is 0 Å². The summed E-state index contributed by atoms with van der Waals surface area (Å²) in [5, 5.41) is 19.0. The largest absolute Gasteiger partial charge is 0.394 e. The minimum Gasteiger partial charge on any atom is -0.394 e. The van der Waals surface area contributed by atoms with Gasteiger partial charge in [-0.2, -0.15) is 0 Å². The molecule has 3 atom stereocenters. The molecule has 1 aromatic rings. The zero-order valence-corrected chi connectivity index (χ0v) is 10.8. The van der Waals surface area contributed by atoms with Crippen LogP contribution in [-0.2, 0) is 4.74 Å². The predicted molar refractivity (Wildman–Crippen MR) is 65.9 cm³/mol. The molecule has 1 aliphatic rings. The van der Waals surface area contributed by atoms with Gasteiger partial charge in [0, 0.05) is 18.7 Å². The van der Waals surface area contributed by atoms with Crippen LogP contribution in [0.2, 0.25) is 0 Å². The molecule has 0 aliphatic carbocycles. The number of nitrogens with one attached hydrogen (secondary N) is 1. The lowest BCUT2D eigenvalue weighted by molar-refractivity contribution is -0.0495. The van der Waals surface area contributed by atoms with E-state index in [1.54, 1.807) is 22.6 Å². The second-order valence-electron chi connectivity index (χ2n) is 3.80. The van der Waals surface area contributed by atoms with E-state index >= 15 is 0 Å². The highest BCUT2D eigenvalue weighted by molar-refractivity contribution is 14.1. The Morgan fingerprint density at radius 3 is 2.88 bits per heavy atom. The molecule has 94 valence electrons. The normalized spacial score (nSPS) is 32.9. The first-order valence-corrected chi connectivity index (χ1v) is 6.01. The maximum absolute atomic E-state index is 11.5. The average molecular weight is 354 g/mol. The first-order chi connectivity index (χ1) is 7.94. The van der Waals surface area contributed by atoms with Crippen LogP contribution in [0.4, 0.5) is 0 Å². The molecular weight excluding hydrogens is 343 g/mol. The van der Waals surface area contributed by atoms with Gasteiger partial charge < -0.3 is 14.9 Å². The fourth-order valence-corrected chi connectivity index (χ4v) is 2.44. The molecule has 3 N–H and O–H groups in total. The molecule has 0 radical (unpaired) electrons. The highest BCUT2D eigenvalue weighted by Gasteiger charge is 2.46. The lowest BCUT2D eigenvalue weighted by Crippen LogP contribution is -2.33. The molecule has 1 fully saturated rings. The summed E-state index contributed by atoms with van der Waals surface area (Å²) in [7, 11) is 0. The minimum atomic E-state index is -1.23. The molecule has 2 heterocycles. The third-order valence-corrected chi connectivity index (χ3v) is 3.74. The molecule has 7 nitrogen and oxygen atoms in total. The quantitative estimate of drug-likeness (QED) is 0.464. The molecule has 17 heavy (non-hydrogen) atoms. The van der Waals surface area contributed by atoms with Gasteiger partial charge >= 0.3 is 5.69 Å². The highest BCUT2D eigenvalue weighted by atomic mass is 127. The van der Waals surface area contributed by atoms with Crippen molar-refractivity contribution in [2.24, 2.45) is 0 Å². The van der Waals surface area contributed by atoms with Crippen LogP contribution in [0.3, 0.4) is 0 Å². The van der Waals surface area contributed by atoms with Crippen LogP contribution >= 0.6 is 22.6 Å². The summed E-state index contributed by atoms with van der Waals surface area (Å²) in [4.78, 5) is 24.5. The number of H-pyrrole nitrogens is 1. The number of rotatable bonds is 2. The van der Waals surface area contributed by atoms with Crippen molar-refractivity contribution in [2.75, 3.05) is 6.61 Å². The van der Waals surface area contributed by atoms with Gasteiger partial charge in [0.15, 0.2) is 0 Å². The Balaban J connectivity index is 2.32. The van der Waals surface area contributed by atoms with Crippen LogP contribution in [0.1, 0.15) is 12.6 Å². The number of hydrogen-bond donors (Lipinski definition) is 3. The molecule has 0 saturated carbocycles. The fourth-order valence-electron chi connectivity index (χ4n) is 1.72. The second-order valence-corrected chi connectivity index (χ2v) is 5.67. The first kappa shape index (κ1) is 12.7. The smallest absolute Gasteiger partial charge is 0.330 e. The van der Waals surface area contributed by atoms with Crippen molar-refractivity contribution in [1.82, 2.24) is 9.55 Å². The Hall–Kier alpha value is -0.710. The van der Waals surface area contributed by atoms with Crippen molar-refractivity contribution in [2.45, 2.75) is 22.4 Å². The van der Waals surface area contributed by atoms with Gasteiger partial charge in [0.2, 0.25) is 0 Å². The number of halogens is 1. The van der Waals surface area contributed by atoms with Gasteiger partial charge in [-0.05, 0) is 22.6 Å². The van der Waals surface area contributed by atoms with Crippen molar-refractivity contribution < 1.29 is 14.9 Å². The van der Waals surface area contributed by atoms with E-state index < -0.39 is 27.2 Å². The molecule has 0 spiro atoms. The molecule has 8 heteroatoms. The van der Waals surface area contributed by atoms with E-state index in [0.29, 0.717) is 0 Å². The van der Waals surface area contributed by atoms with Crippen LogP contribution in [0.25, 0.3) is 0 Å². The van der Waals surface area contributed by atoms with Crippen molar-refractivity contribution in [3.63, 3.8) is 0 Å². The lowest BCUT2D eigenvalue weighted by atomic mass is 10.2. The zero-order chi connectivity index (χ0) is 12.6. The number of aromatic nitrogens is 2. The number of aliphatic hydroxyl groups excluding tert-OH is 1. The molecule has 0 aromatic carbocycles. The summed E-state index contributed by atoms with van der Waals surface area (Å²) in [6, 6.07) is 1.20. The van der Waals surface area contributed by atoms with Gasteiger partial charge in [-0.1, -0.05) is 0 Å². The van der Waals surface area contributed by atoms with Crippen LogP contribution in [0.15, 0.2) is 21.9 Å². The maximum Gasteiger partial charge on any atom is 0.330 e. The minimum absolute atomic E-state index is 0.157. The van der Waals surface area contributed by atoms with Crippen molar-refractivity contribution in [3.8, 4) is 0 Å². The maximum atomic E-state index is 11.5. The van der Waals surface area contributed by atoms with Crippen LogP contribution < -0.4 is 11.2 Å². The number of alkyl halides is 1. The van der Waals surface area contributed by atoms with E-state index in [1.165, 1.54) is 16.8 Å². The van der Waals surface area contributed by atoms with Crippen molar-refractivity contribution >= 4 is 22.6 Å². The van der Waals surface area contributed by atoms with Crippen molar-refractivity contribution in [1.29, 1.82) is 0 Å². The average Bonchev–Trinajstić information content (AvgIpc) is 2.53. The molecule has 1 aliphatic heterocycles. The van der Waals surface area contributed by atoms with Crippen LogP contribution in [-0.4, -0.2) is 36.1 Å². The van der Waals surface area contributed by atoms with Gasteiger partial charge in [-0.25, -0.2) is 4.79 Å². The van der Waals surface area contributed by atoms with Gasteiger partial charge in [-0.15, -0.1) is 0 Å². The number of aliphatic hydroxyl groups is 2. The monoisotopic (exact) mass is 354 g/mol. The van der Waals surface area contributed by atoms with Gasteiger partial charge in [0.05, 0.1) is 6.61 Å². The third-order valence-electron chi connectivity index (χ3n) is 2.60. The summed E-state index contributed by atoms with van der Waals surface area (Å²) in [5.41, 5.74) is -1.10. The molecule has 1 saturated heterocycles. The molecule has 0 bridgehead atoms. The standard InChI is InChI=1S/C9H11IN2O5/c10-9(16)3-7(17-5(9)4-13)12-2-1-6(14)11-8(12)15/h1-2,5,7,13,16H,3-4H2,(H,11,14,15)/t5-,7-,9+/m1/s1. The van der Waals surface area contributed by atoms with E-state index in [-0.39, 0.29) is 13.0 Å². The summed E-state index contributed by atoms with van der Waals surface area (Å²) in [6.07, 6.45) is 0.00795. The predicted octanol–water partition coefficient (Wildman–Crippen LogP) is -1.06. The van der Waals surface area contributed by atoms with E-state index in [9.17, 15) is 14.7 Å². The SMILES string of the molecule is O=c1ccn([C@H]2C[C@@](O)(I)[C@@H](CO)O2)c(=O)[nH]1. The lowest BCUT2D eigenvalue weighted by Gasteiger charge is -2.18. The highest BCUT2D eigenvalue weighted by Crippen LogP contribution is 2.40. The Morgan fingerprint density at radius 1 is 1.65 bits per heavy atom. The van der Waals surface area contributed by atoms with Crippen LogP contribution in [0, 0.1) is 0 Å². The molecular formula is C9H11IN2O5. The Kier molecular flexibility index (Phi) is 3.39. The number of hydrogen-bond acceptors (Lipinski definition) is 5. The molecule has 0 unspecified atom stereocenters. The molecule has 0 amide bonds. The topological polar surface area (TPSA) is 105 Å². The summed E-state index contributed by atoms with van der Waals surface area (Å²) in [6.45, 7) is -0.339. The molecule has 1 aromatic heterocycles. The summed E-state index contributed by atoms with van der Waals surface area (Å²) < 4.78 is 5.32. The van der Waals surface area contributed by atoms with Crippen LogP contribution in [0.5, 0.6) is 0 Å². The fraction of sp³-hybridized carbons (Fsp3) is 0.556. The van der Waals surface area contributed by atoms with Gasteiger partial charge in [-0.3, -0.25) is 14.3 Å². The van der Waals surface area contributed by atoms with E-state index in [2.05, 4.69) is 4.98 Å².